The van der Waals surface area contributed by atoms with Crippen LogP contribution in [0.1, 0.15) is 18.5 Å². The van der Waals surface area contributed by atoms with Gasteiger partial charge in [0.05, 0.1) is 13.0 Å². The molecule has 20 heavy (non-hydrogen) atoms. The zero-order valence-electron chi connectivity index (χ0n) is 11.2. The maximum Gasteiger partial charge on any atom is 0.309 e. The fourth-order valence-electron chi connectivity index (χ4n) is 1.87. The third-order valence-electron chi connectivity index (χ3n) is 3.19. The standard InChI is InChI=1S/C15H15NO4/c1-18-13-4-2-3-11(7-13)14-8-12(16-20-14)9-19-15(17)10-5-6-10/h2-4,7-8,10H,5-6,9H2,1H3. The van der Waals surface area contributed by atoms with Crippen LogP contribution in [0.2, 0.25) is 0 Å². The van der Waals surface area contributed by atoms with Gasteiger partial charge in [0, 0.05) is 11.6 Å². The molecule has 104 valence electrons. The van der Waals surface area contributed by atoms with Gasteiger partial charge in [-0.2, -0.15) is 0 Å². The molecule has 1 aromatic heterocycles. The molecule has 5 nitrogen and oxygen atoms in total. The highest BCUT2D eigenvalue weighted by molar-refractivity contribution is 5.74. The number of benzene rings is 1. The monoisotopic (exact) mass is 273 g/mol. The quantitative estimate of drug-likeness (QED) is 0.784. The Morgan fingerprint density at radius 3 is 3.00 bits per heavy atom. The maximum absolute atomic E-state index is 11.4. The van der Waals surface area contributed by atoms with E-state index in [1.54, 1.807) is 13.2 Å². The molecule has 0 radical (unpaired) electrons. The second-order valence-electron chi connectivity index (χ2n) is 4.80. The van der Waals surface area contributed by atoms with Crippen LogP contribution in [0.15, 0.2) is 34.9 Å². The number of carbonyl (C=O) groups is 1. The molecule has 1 fully saturated rings. The fraction of sp³-hybridized carbons (Fsp3) is 0.333. The summed E-state index contributed by atoms with van der Waals surface area (Å²) >= 11 is 0. The highest BCUT2D eigenvalue weighted by atomic mass is 16.5. The Bertz CT molecular complexity index is 616. The first-order valence-corrected chi connectivity index (χ1v) is 6.53. The van der Waals surface area contributed by atoms with Crippen LogP contribution < -0.4 is 4.74 Å². The molecule has 0 amide bonds. The lowest BCUT2D eigenvalue weighted by molar-refractivity contribution is -0.146. The lowest BCUT2D eigenvalue weighted by atomic mass is 10.1. The van der Waals surface area contributed by atoms with Crippen LogP contribution >= 0.6 is 0 Å². The normalized spacial score (nSPS) is 14.1. The summed E-state index contributed by atoms with van der Waals surface area (Å²) in [4.78, 5) is 11.4. The molecule has 2 aromatic rings. The van der Waals surface area contributed by atoms with Crippen LogP contribution in [0.25, 0.3) is 11.3 Å². The predicted octanol–water partition coefficient (Wildman–Crippen LogP) is 2.80. The third-order valence-corrected chi connectivity index (χ3v) is 3.19. The summed E-state index contributed by atoms with van der Waals surface area (Å²) in [7, 11) is 1.61. The summed E-state index contributed by atoms with van der Waals surface area (Å²) < 4.78 is 15.6. The fourth-order valence-corrected chi connectivity index (χ4v) is 1.87. The first kappa shape index (κ1) is 12.7. The Hall–Kier alpha value is -2.30. The number of ether oxygens (including phenoxy) is 2. The minimum absolute atomic E-state index is 0.0970. The topological polar surface area (TPSA) is 61.6 Å². The SMILES string of the molecule is COc1cccc(-c2cc(COC(=O)C3CC3)no2)c1. The number of hydrogen-bond donors (Lipinski definition) is 0. The van der Waals surface area contributed by atoms with Crippen molar-refractivity contribution in [1.29, 1.82) is 0 Å². The smallest absolute Gasteiger partial charge is 0.309 e. The minimum atomic E-state index is -0.143. The van der Waals surface area contributed by atoms with Crippen LogP contribution in [-0.4, -0.2) is 18.2 Å². The maximum atomic E-state index is 11.4. The number of aromatic nitrogens is 1. The predicted molar refractivity (Wildman–Crippen MR) is 71.0 cm³/mol. The summed E-state index contributed by atoms with van der Waals surface area (Å²) in [6.45, 7) is 0.156. The van der Waals surface area contributed by atoms with Crippen LogP contribution in [-0.2, 0) is 16.1 Å². The zero-order valence-corrected chi connectivity index (χ0v) is 11.2. The van der Waals surface area contributed by atoms with E-state index in [-0.39, 0.29) is 18.5 Å². The molecule has 0 spiro atoms. The molecule has 3 rings (SSSR count). The molecule has 0 aliphatic heterocycles. The number of carbonyl (C=O) groups excluding carboxylic acids is 1. The van der Waals surface area contributed by atoms with Gasteiger partial charge in [0.1, 0.15) is 18.1 Å². The Labute approximate surface area is 116 Å². The molecule has 1 heterocycles. The van der Waals surface area contributed by atoms with E-state index in [1.165, 1.54) is 0 Å². The molecule has 0 atom stereocenters. The summed E-state index contributed by atoms with van der Waals surface area (Å²) in [6.07, 6.45) is 1.87. The van der Waals surface area contributed by atoms with E-state index in [4.69, 9.17) is 14.0 Å². The van der Waals surface area contributed by atoms with Crippen molar-refractivity contribution in [2.45, 2.75) is 19.4 Å². The Morgan fingerprint density at radius 1 is 1.40 bits per heavy atom. The number of hydrogen-bond acceptors (Lipinski definition) is 5. The molecule has 0 N–H and O–H groups in total. The number of methoxy groups -OCH3 is 1. The van der Waals surface area contributed by atoms with E-state index in [1.807, 2.05) is 24.3 Å². The van der Waals surface area contributed by atoms with Gasteiger partial charge in [0.2, 0.25) is 0 Å². The van der Waals surface area contributed by atoms with Crippen molar-refractivity contribution in [2.75, 3.05) is 7.11 Å². The van der Waals surface area contributed by atoms with Crippen molar-refractivity contribution >= 4 is 5.97 Å². The van der Waals surface area contributed by atoms with Gasteiger partial charge in [-0.05, 0) is 25.0 Å². The number of nitrogens with zero attached hydrogens (tertiary/aromatic N) is 1. The largest absolute Gasteiger partial charge is 0.497 e. The molecule has 0 bridgehead atoms. The van der Waals surface area contributed by atoms with Crippen LogP contribution in [0, 0.1) is 5.92 Å². The second-order valence-corrected chi connectivity index (χ2v) is 4.80. The second kappa shape index (κ2) is 5.36. The number of esters is 1. The van der Waals surface area contributed by atoms with Crippen molar-refractivity contribution in [3.63, 3.8) is 0 Å². The van der Waals surface area contributed by atoms with Gasteiger partial charge in [-0.1, -0.05) is 17.3 Å². The number of rotatable bonds is 5. The van der Waals surface area contributed by atoms with Gasteiger partial charge >= 0.3 is 5.97 Å². The van der Waals surface area contributed by atoms with Crippen LogP contribution in [0.3, 0.4) is 0 Å². The summed E-state index contributed by atoms with van der Waals surface area (Å²) in [5, 5.41) is 3.91. The van der Waals surface area contributed by atoms with E-state index < -0.39 is 0 Å². The molecule has 1 aromatic carbocycles. The molecular weight excluding hydrogens is 258 g/mol. The van der Waals surface area contributed by atoms with Crippen molar-refractivity contribution in [3.05, 3.63) is 36.0 Å². The minimum Gasteiger partial charge on any atom is -0.497 e. The molecule has 0 saturated heterocycles. The van der Waals surface area contributed by atoms with E-state index in [0.29, 0.717) is 11.5 Å². The molecular formula is C15H15NO4. The van der Waals surface area contributed by atoms with E-state index in [9.17, 15) is 4.79 Å². The lowest BCUT2D eigenvalue weighted by Crippen LogP contribution is -2.06. The van der Waals surface area contributed by atoms with Crippen molar-refractivity contribution in [2.24, 2.45) is 5.92 Å². The summed E-state index contributed by atoms with van der Waals surface area (Å²) in [6, 6.07) is 9.28. The lowest BCUT2D eigenvalue weighted by Gasteiger charge is -2.00. The van der Waals surface area contributed by atoms with Gasteiger partial charge in [-0.15, -0.1) is 0 Å². The van der Waals surface area contributed by atoms with E-state index >= 15 is 0 Å². The summed E-state index contributed by atoms with van der Waals surface area (Å²) in [5.41, 5.74) is 1.48. The molecule has 1 saturated carbocycles. The van der Waals surface area contributed by atoms with Crippen LogP contribution in [0.5, 0.6) is 5.75 Å². The van der Waals surface area contributed by atoms with Gasteiger partial charge in [0.25, 0.3) is 0 Å². The Balaban J connectivity index is 1.67. The highest BCUT2D eigenvalue weighted by Gasteiger charge is 2.31. The van der Waals surface area contributed by atoms with Gasteiger partial charge in [0.15, 0.2) is 5.76 Å². The van der Waals surface area contributed by atoms with Gasteiger partial charge < -0.3 is 14.0 Å². The van der Waals surface area contributed by atoms with Gasteiger partial charge in [-0.3, -0.25) is 4.79 Å². The van der Waals surface area contributed by atoms with Crippen molar-refractivity contribution < 1.29 is 18.8 Å². The van der Waals surface area contributed by atoms with E-state index in [2.05, 4.69) is 5.16 Å². The Kier molecular flexibility index (Phi) is 3.41. The average Bonchev–Trinajstić information content (AvgIpc) is 3.23. The van der Waals surface area contributed by atoms with Crippen molar-refractivity contribution in [3.8, 4) is 17.1 Å². The summed E-state index contributed by atoms with van der Waals surface area (Å²) in [5.74, 6) is 1.33. The Morgan fingerprint density at radius 2 is 2.25 bits per heavy atom. The molecule has 1 aliphatic rings. The van der Waals surface area contributed by atoms with Crippen LogP contribution in [0.4, 0.5) is 0 Å². The molecule has 0 unspecified atom stereocenters. The first-order chi connectivity index (χ1) is 9.76. The molecule has 5 heteroatoms. The van der Waals surface area contributed by atoms with Crippen molar-refractivity contribution in [1.82, 2.24) is 5.16 Å². The molecule has 1 aliphatic carbocycles. The first-order valence-electron chi connectivity index (χ1n) is 6.53. The zero-order chi connectivity index (χ0) is 13.9. The van der Waals surface area contributed by atoms with E-state index in [0.717, 1.165) is 24.2 Å². The average molecular weight is 273 g/mol. The van der Waals surface area contributed by atoms with Gasteiger partial charge in [-0.25, -0.2) is 0 Å². The third kappa shape index (κ3) is 2.82. The highest BCUT2D eigenvalue weighted by Crippen LogP contribution is 2.30.